The van der Waals surface area contributed by atoms with Crippen molar-refractivity contribution in [1.29, 1.82) is 0 Å². The molecule has 0 spiro atoms. The zero-order chi connectivity index (χ0) is 13.7. The van der Waals surface area contributed by atoms with Crippen molar-refractivity contribution in [2.24, 2.45) is 0 Å². The van der Waals surface area contributed by atoms with Crippen LogP contribution in [0, 0.1) is 3.57 Å². The van der Waals surface area contributed by atoms with Gasteiger partial charge < -0.3 is 4.90 Å². The lowest BCUT2D eigenvalue weighted by molar-refractivity contribution is 0.0571. The van der Waals surface area contributed by atoms with Gasteiger partial charge in [-0.2, -0.15) is 0 Å². The van der Waals surface area contributed by atoms with E-state index < -0.39 is 13.0 Å². The van der Waals surface area contributed by atoms with Crippen molar-refractivity contribution in [1.82, 2.24) is 4.90 Å². The zero-order valence-corrected chi connectivity index (χ0v) is 14.5. The van der Waals surface area contributed by atoms with Crippen LogP contribution in [0.5, 0.6) is 0 Å². The molecular formula is C11H10Br2F2INO. The van der Waals surface area contributed by atoms with E-state index in [2.05, 4.69) is 31.9 Å². The maximum absolute atomic E-state index is 12.4. The number of hydrogen-bond donors (Lipinski definition) is 0. The zero-order valence-electron chi connectivity index (χ0n) is 9.18. The van der Waals surface area contributed by atoms with Crippen molar-refractivity contribution in [3.8, 4) is 0 Å². The minimum absolute atomic E-state index is 0.256. The van der Waals surface area contributed by atoms with Gasteiger partial charge in [-0.3, -0.25) is 4.79 Å². The lowest BCUT2D eigenvalue weighted by Gasteiger charge is -2.22. The Hall–Kier alpha value is 0.240. The highest BCUT2D eigenvalue weighted by molar-refractivity contribution is 14.1. The molecule has 1 amide bonds. The van der Waals surface area contributed by atoms with Gasteiger partial charge in [-0.15, -0.1) is 0 Å². The largest absolute Gasteiger partial charge is 0.332 e. The second-order valence-corrected chi connectivity index (χ2v) is 6.33. The monoisotopic (exact) mass is 495 g/mol. The third-order valence-corrected chi connectivity index (χ3v) is 3.95. The lowest BCUT2D eigenvalue weighted by Crippen LogP contribution is -2.36. The summed E-state index contributed by atoms with van der Waals surface area (Å²) in [7, 11) is 0. The van der Waals surface area contributed by atoms with Crippen LogP contribution in [0.3, 0.4) is 0 Å². The van der Waals surface area contributed by atoms with Crippen LogP contribution in [0.1, 0.15) is 10.4 Å². The fraction of sp³-hybridized carbons (Fsp3) is 0.364. The molecular weight excluding hydrogens is 487 g/mol. The normalized spacial score (nSPS) is 10.8. The number of benzene rings is 1. The second kappa shape index (κ2) is 7.74. The number of halogens is 5. The summed E-state index contributed by atoms with van der Waals surface area (Å²) >= 11 is 8.46. The van der Waals surface area contributed by atoms with Crippen molar-refractivity contribution in [3.05, 3.63) is 31.8 Å². The second-order valence-electron chi connectivity index (χ2n) is 3.46. The van der Waals surface area contributed by atoms with Crippen LogP contribution >= 0.6 is 54.5 Å². The van der Waals surface area contributed by atoms with E-state index in [1.54, 1.807) is 18.2 Å². The van der Waals surface area contributed by atoms with E-state index in [4.69, 9.17) is 0 Å². The van der Waals surface area contributed by atoms with E-state index in [0.29, 0.717) is 10.9 Å². The Morgan fingerprint density at radius 2 is 2.11 bits per heavy atom. The summed E-state index contributed by atoms with van der Waals surface area (Å²) in [5, 5.41) is 0.468. The highest BCUT2D eigenvalue weighted by Crippen LogP contribution is 2.20. The summed E-state index contributed by atoms with van der Waals surface area (Å²) in [6.07, 6.45) is -2.53. The topological polar surface area (TPSA) is 20.3 Å². The molecule has 1 aromatic rings. The Kier molecular flexibility index (Phi) is 7.01. The molecule has 0 atom stereocenters. The van der Waals surface area contributed by atoms with E-state index in [9.17, 15) is 13.6 Å². The molecule has 7 heteroatoms. The molecule has 0 N–H and O–H groups in total. The predicted molar refractivity (Wildman–Crippen MR) is 82.6 cm³/mol. The van der Waals surface area contributed by atoms with Crippen LogP contribution in [0.25, 0.3) is 0 Å². The van der Waals surface area contributed by atoms with Gasteiger partial charge in [0.25, 0.3) is 12.3 Å². The van der Waals surface area contributed by atoms with Crippen molar-refractivity contribution in [2.75, 3.05) is 18.4 Å². The molecule has 0 bridgehead atoms. The molecule has 0 aromatic heterocycles. The van der Waals surface area contributed by atoms with E-state index >= 15 is 0 Å². The Balaban J connectivity index is 2.97. The third-order valence-electron chi connectivity index (χ3n) is 2.16. The number of alkyl halides is 3. The van der Waals surface area contributed by atoms with E-state index in [-0.39, 0.29) is 12.5 Å². The van der Waals surface area contributed by atoms with Gasteiger partial charge in [0.05, 0.1) is 12.1 Å². The molecule has 0 aliphatic heterocycles. The molecule has 0 unspecified atom stereocenters. The van der Waals surface area contributed by atoms with E-state index in [0.717, 1.165) is 12.9 Å². The minimum Gasteiger partial charge on any atom is -0.332 e. The lowest BCUT2D eigenvalue weighted by atomic mass is 10.2. The molecule has 0 heterocycles. The first-order valence-electron chi connectivity index (χ1n) is 5.04. The number of hydrogen-bond acceptors (Lipinski definition) is 1. The van der Waals surface area contributed by atoms with Gasteiger partial charge in [0, 0.05) is 19.9 Å². The smallest absolute Gasteiger partial charge is 0.255 e. The van der Waals surface area contributed by atoms with Crippen LogP contribution in [0.15, 0.2) is 22.7 Å². The van der Waals surface area contributed by atoms with Crippen molar-refractivity contribution < 1.29 is 13.6 Å². The first-order chi connectivity index (χ1) is 8.45. The Labute approximate surface area is 135 Å². The van der Waals surface area contributed by atoms with Gasteiger partial charge >= 0.3 is 0 Å². The van der Waals surface area contributed by atoms with Crippen LogP contribution in [0.4, 0.5) is 8.78 Å². The van der Waals surface area contributed by atoms with Gasteiger partial charge in [-0.05, 0) is 40.8 Å². The molecule has 0 fully saturated rings. The molecule has 0 aliphatic carbocycles. The number of amides is 1. The maximum Gasteiger partial charge on any atom is 0.255 e. The first-order valence-corrected chi connectivity index (χ1v) is 8.03. The highest BCUT2D eigenvalue weighted by Gasteiger charge is 2.21. The number of carbonyl (C=O) groups is 1. The molecule has 0 aliphatic rings. The maximum atomic E-state index is 12.4. The minimum atomic E-state index is -2.53. The number of nitrogens with zero attached hydrogens (tertiary/aromatic N) is 1. The fourth-order valence-electron chi connectivity index (χ4n) is 1.38. The van der Waals surface area contributed by atoms with Gasteiger partial charge in [0.2, 0.25) is 0 Å². The van der Waals surface area contributed by atoms with Gasteiger partial charge in [0.1, 0.15) is 0 Å². The van der Waals surface area contributed by atoms with Crippen LogP contribution in [0.2, 0.25) is 0 Å². The van der Waals surface area contributed by atoms with Crippen molar-refractivity contribution in [3.63, 3.8) is 0 Å². The molecule has 1 aromatic carbocycles. The third kappa shape index (κ3) is 4.73. The molecule has 18 heavy (non-hydrogen) atoms. The highest BCUT2D eigenvalue weighted by atomic mass is 127. The van der Waals surface area contributed by atoms with E-state index in [1.165, 1.54) is 0 Å². The van der Waals surface area contributed by atoms with Crippen LogP contribution in [-0.2, 0) is 0 Å². The van der Waals surface area contributed by atoms with Crippen molar-refractivity contribution in [2.45, 2.75) is 6.43 Å². The average Bonchev–Trinajstić information content (AvgIpc) is 2.30. The van der Waals surface area contributed by atoms with Crippen LogP contribution in [-0.4, -0.2) is 35.7 Å². The predicted octanol–water partition coefficient (Wildman–Crippen LogP) is 4.16. The standard InChI is InChI=1S/C11H10Br2F2INO/c12-3-4-17(6-10(14)15)11(18)8-5-7(13)1-2-9(8)16/h1-2,5,10H,3-4,6H2. The van der Waals surface area contributed by atoms with Crippen LogP contribution < -0.4 is 0 Å². The molecule has 0 saturated heterocycles. The fourth-order valence-corrected chi connectivity index (χ4v) is 2.73. The summed E-state index contributed by atoms with van der Waals surface area (Å²) < 4.78 is 26.4. The Bertz CT molecular complexity index is 432. The average molecular weight is 497 g/mol. The Morgan fingerprint density at radius 1 is 1.44 bits per heavy atom. The summed E-state index contributed by atoms with van der Waals surface area (Å²) in [5.41, 5.74) is 0.437. The molecule has 1 rings (SSSR count). The first kappa shape index (κ1) is 16.3. The molecule has 0 radical (unpaired) electrons. The van der Waals surface area contributed by atoms with Gasteiger partial charge in [-0.25, -0.2) is 8.78 Å². The summed E-state index contributed by atoms with van der Waals surface area (Å²) in [5.74, 6) is -0.375. The quantitative estimate of drug-likeness (QED) is 0.443. The van der Waals surface area contributed by atoms with E-state index in [1.807, 2.05) is 22.6 Å². The summed E-state index contributed by atoms with van der Waals surface area (Å²) in [4.78, 5) is 13.3. The van der Waals surface area contributed by atoms with Crippen molar-refractivity contribution >= 4 is 60.4 Å². The summed E-state index contributed by atoms with van der Waals surface area (Å²) in [6, 6.07) is 5.23. The molecule has 100 valence electrons. The Morgan fingerprint density at radius 3 is 2.67 bits per heavy atom. The van der Waals surface area contributed by atoms with Gasteiger partial charge in [-0.1, -0.05) is 31.9 Å². The number of rotatable bonds is 5. The molecule has 2 nitrogen and oxygen atoms in total. The number of carbonyl (C=O) groups excluding carboxylic acids is 1. The van der Waals surface area contributed by atoms with Gasteiger partial charge in [0.15, 0.2) is 0 Å². The SMILES string of the molecule is O=C(c1cc(Br)ccc1I)N(CCBr)CC(F)F. The molecule has 0 saturated carbocycles. The summed E-state index contributed by atoms with van der Waals surface area (Å²) in [6.45, 7) is -0.293.